The fourth-order valence-electron chi connectivity index (χ4n) is 3.34. The number of para-hydroxylation sites is 1. The van der Waals surface area contributed by atoms with E-state index in [0.29, 0.717) is 6.54 Å². The zero-order valence-corrected chi connectivity index (χ0v) is 16.4. The zero-order valence-electron chi connectivity index (χ0n) is 15.5. The Labute approximate surface area is 168 Å². The Hall–Kier alpha value is -3.05. The van der Waals surface area contributed by atoms with E-state index >= 15 is 0 Å². The van der Waals surface area contributed by atoms with Crippen LogP contribution in [-0.2, 0) is 12.3 Å². The molecule has 0 atom stereocenters. The van der Waals surface area contributed by atoms with Crippen molar-refractivity contribution in [2.24, 2.45) is 0 Å². The number of rotatable bonds is 6. The van der Waals surface area contributed by atoms with Crippen molar-refractivity contribution in [1.29, 1.82) is 0 Å². The number of benzene rings is 3. The van der Waals surface area contributed by atoms with Gasteiger partial charge in [0.15, 0.2) is 0 Å². The van der Waals surface area contributed by atoms with Gasteiger partial charge in [-0.05, 0) is 24.1 Å². The van der Waals surface area contributed by atoms with Crippen molar-refractivity contribution in [3.05, 3.63) is 106 Å². The maximum atomic E-state index is 10.9. The molecule has 0 aliphatic carbocycles. The number of aromatic nitrogens is 1. The Morgan fingerprint density at radius 2 is 1.75 bits per heavy atom. The summed E-state index contributed by atoms with van der Waals surface area (Å²) in [6.07, 6.45) is 2.19. The van der Waals surface area contributed by atoms with Crippen molar-refractivity contribution in [3.8, 4) is 0 Å². The normalized spacial score (nSPS) is 11.0. The van der Waals surface area contributed by atoms with E-state index in [1.807, 2.05) is 30.0 Å². The molecule has 4 aromatic rings. The minimum absolute atomic E-state index is 0.121. The molecule has 1 heterocycles. The van der Waals surface area contributed by atoms with Gasteiger partial charge in [-0.15, -0.1) is 11.8 Å². The Balaban J connectivity index is 1.59. The largest absolute Gasteiger partial charge is 0.342 e. The van der Waals surface area contributed by atoms with Crippen LogP contribution in [0.15, 0.2) is 83.9 Å². The van der Waals surface area contributed by atoms with E-state index in [-0.39, 0.29) is 10.6 Å². The second kappa shape index (κ2) is 7.90. The number of thioether (sulfide) groups is 1. The molecule has 0 saturated heterocycles. The van der Waals surface area contributed by atoms with Crippen LogP contribution in [0.25, 0.3) is 10.9 Å². The summed E-state index contributed by atoms with van der Waals surface area (Å²) in [5.41, 5.74) is 4.93. The van der Waals surface area contributed by atoms with Crippen molar-refractivity contribution in [2.45, 2.75) is 24.1 Å². The molecule has 0 radical (unpaired) electrons. The molecular weight excluding hydrogens is 368 g/mol. The smallest absolute Gasteiger partial charge is 0.269 e. The molecule has 0 N–H and O–H groups in total. The minimum Gasteiger partial charge on any atom is -0.342 e. The van der Waals surface area contributed by atoms with Gasteiger partial charge in [-0.1, -0.05) is 60.2 Å². The molecule has 0 aliphatic heterocycles. The standard InChI is InChI=1S/C23H20N2O2S/c1-17-5-4-6-19(13-17)16-28-23-15-24(22-8-3-2-7-21(22)23)14-18-9-11-20(12-10-18)25(26)27/h2-13,15H,14,16H2,1H3. The molecular formula is C23H20N2O2S. The second-order valence-electron chi connectivity index (χ2n) is 6.84. The van der Waals surface area contributed by atoms with E-state index in [2.05, 4.69) is 60.2 Å². The molecule has 5 heteroatoms. The third kappa shape index (κ3) is 3.94. The van der Waals surface area contributed by atoms with Crippen LogP contribution in [0.5, 0.6) is 0 Å². The molecule has 0 spiro atoms. The summed E-state index contributed by atoms with van der Waals surface area (Å²) in [5, 5.41) is 12.1. The van der Waals surface area contributed by atoms with Crippen LogP contribution in [0.4, 0.5) is 5.69 Å². The van der Waals surface area contributed by atoms with Crippen LogP contribution in [0.2, 0.25) is 0 Å². The number of non-ortho nitro benzene ring substituents is 1. The number of fused-ring (bicyclic) bond motifs is 1. The molecule has 0 fully saturated rings. The Morgan fingerprint density at radius 3 is 2.50 bits per heavy atom. The van der Waals surface area contributed by atoms with Gasteiger partial charge in [0.2, 0.25) is 0 Å². The molecule has 0 amide bonds. The molecule has 140 valence electrons. The number of nitro groups is 1. The van der Waals surface area contributed by atoms with E-state index in [4.69, 9.17) is 0 Å². The number of aryl methyl sites for hydroxylation is 1. The summed E-state index contributed by atoms with van der Waals surface area (Å²) in [4.78, 5) is 11.7. The van der Waals surface area contributed by atoms with Gasteiger partial charge in [0.1, 0.15) is 0 Å². The number of nitrogens with zero attached hydrogens (tertiary/aromatic N) is 2. The maximum absolute atomic E-state index is 10.9. The summed E-state index contributed by atoms with van der Waals surface area (Å²) < 4.78 is 2.22. The minimum atomic E-state index is -0.366. The van der Waals surface area contributed by atoms with E-state index in [0.717, 1.165) is 11.3 Å². The van der Waals surface area contributed by atoms with Gasteiger partial charge in [0.25, 0.3) is 5.69 Å². The van der Waals surface area contributed by atoms with E-state index in [1.165, 1.54) is 26.9 Å². The van der Waals surface area contributed by atoms with Crippen molar-refractivity contribution in [1.82, 2.24) is 4.57 Å². The number of hydrogen-bond acceptors (Lipinski definition) is 3. The molecule has 4 rings (SSSR count). The van der Waals surface area contributed by atoms with Gasteiger partial charge < -0.3 is 4.57 Å². The summed E-state index contributed by atoms with van der Waals surface area (Å²) >= 11 is 1.84. The first-order chi connectivity index (χ1) is 13.6. The van der Waals surface area contributed by atoms with E-state index < -0.39 is 0 Å². The summed E-state index contributed by atoms with van der Waals surface area (Å²) in [6, 6.07) is 23.8. The van der Waals surface area contributed by atoms with Crippen LogP contribution in [-0.4, -0.2) is 9.49 Å². The first kappa shape index (κ1) is 18.3. The molecule has 0 unspecified atom stereocenters. The summed E-state index contributed by atoms with van der Waals surface area (Å²) in [5.74, 6) is 0.924. The van der Waals surface area contributed by atoms with Gasteiger partial charge in [-0.3, -0.25) is 10.1 Å². The SMILES string of the molecule is Cc1cccc(CSc2cn(Cc3ccc([N+](=O)[O-])cc3)c3ccccc23)c1. The Morgan fingerprint density at radius 1 is 0.964 bits per heavy atom. The molecule has 3 aromatic carbocycles. The highest BCUT2D eigenvalue weighted by atomic mass is 32.2. The highest BCUT2D eigenvalue weighted by molar-refractivity contribution is 7.98. The van der Waals surface area contributed by atoms with E-state index in [1.54, 1.807) is 12.1 Å². The third-order valence-corrected chi connectivity index (χ3v) is 5.84. The van der Waals surface area contributed by atoms with Gasteiger partial charge >= 0.3 is 0 Å². The van der Waals surface area contributed by atoms with Gasteiger partial charge in [0.05, 0.1) is 4.92 Å². The van der Waals surface area contributed by atoms with Crippen LogP contribution < -0.4 is 0 Å². The average Bonchev–Trinajstić information content (AvgIpc) is 3.05. The fraction of sp³-hybridized carbons (Fsp3) is 0.130. The monoisotopic (exact) mass is 388 g/mol. The lowest BCUT2D eigenvalue weighted by Gasteiger charge is -2.05. The topological polar surface area (TPSA) is 48.1 Å². The lowest BCUT2D eigenvalue weighted by molar-refractivity contribution is -0.384. The maximum Gasteiger partial charge on any atom is 0.269 e. The van der Waals surface area contributed by atoms with Crippen LogP contribution in [0, 0.1) is 17.0 Å². The Bertz CT molecular complexity index is 1130. The third-order valence-electron chi connectivity index (χ3n) is 4.73. The zero-order chi connectivity index (χ0) is 19.5. The average molecular weight is 388 g/mol. The van der Waals surface area contributed by atoms with Crippen molar-refractivity contribution >= 4 is 28.4 Å². The lowest BCUT2D eigenvalue weighted by atomic mass is 10.2. The van der Waals surface area contributed by atoms with Gasteiger partial charge in [-0.2, -0.15) is 0 Å². The van der Waals surface area contributed by atoms with Crippen molar-refractivity contribution < 1.29 is 4.92 Å². The van der Waals surface area contributed by atoms with E-state index in [9.17, 15) is 10.1 Å². The lowest BCUT2D eigenvalue weighted by Crippen LogP contribution is -1.98. The quantitative estimate of drug-likeness (QED) is 0.224. The highest BCUT2D eigenvalue weighted by Gasteiger charge is 2.10. The molecule has 1 aromatic heterocycles. The summed E-state index contributed by atoms with van der Waals surface area (Å²) in [6.45, 7) is 2.80. The number of nitro benzene ring substituents is 1. The first-order valence-corrected chi connectivity index (χ1v) is 10.1. The van der Waals surface area contributed by atoms with Gasteiger partial charge in [0, 0.05) is 46.4 Å². The molecule has 0 bridgehead atoms. The highest BCUT2D eigenvalue weighted by Crippen LogP contribution is 2.32. The molecule has 0 saturated carbocycles. The van der Waals surface area contributed by atoms with Crippen LogP contribution >= 0.6 is 11.8 Å². The molecule has 0 aliphatic rings. The van der Waals surface area contributed by atoms with Crippen molar-refractivity contribution in [2.75, 3.05) is 0 Å². The molecule has 4 nitrogen and oxygen atoms in total. The summed E-state index contributed by atoms with van der Waals surface area (Å²) in [7, 11) is 0. The predicted molar refractivity (Wildman–Crippen MR) is 115 cm³/mol. The number of hydrogen-bond donors (Lipinski definition) is 0. The predicted octanol–water partition coefficient (Wildman–Crippen LogP) is 6.20. The van der Waals surface area contributed by atoms with Crippen molar-refractivity contribution in [3.63, 3.8) is 0 Å². The first-order valence-electron chi connectivity index (χ1n) is 9.10. The van der Waals surface area contributed by atoms with Gasteiger partial charge in [-0.25, -0.2) is 0 Å². The fourth-order valence-corrected chi connectivity index (χ4v) is 4.37. The Kier molecular flexibility index (Phi) is 5.17. The molecule has 28 heavy (non-hydrogen) atoms. The second-order valence-corrected chi connectivity index (χ2v) is 7.86. The van der Waals surface area contributed by atoms with Crippen LogP contribution in [0.1, 0.15) is 16.7 Å². The van der Waals surface area contributed by atoms with Crippen LogP contribution in [0.3, 0.4) is 0 Å².